The molecule has 0 bridgehead atoms. The summed E-state index contributed by atoms with van der Waals surface area (Å²) < 4.78 is 18.5. The lowest BCUT2D eigenvalue weighted by Gasteiger charge is -2.18. The van der Waals surface area contributed by atoms with Crippen molar-refractivity contribution in [3.63, 3.8) is 0 Å². The van der Waals surface area contributed by atoms with Crippen LogP contribution in [-0.2, 0) is 4.74 Å². The Labute approximate surface area is 89.1 Å². The van der Waals surface area contributed by atoms with Gasteiger partial charge in [0.1, 0.15) is 12.4 Å². The fourth-order valence-electron chi connectivity index (χ4n) is 1.05. The molecular weight excluding hydrogens is 195 g/mol. The van der Waals surface area contributed by atoms with Crippen molar-refractivity contribution in [2.45, 2.75) is 26.4 Å². The monoisotopic (exact) mass is 210 g/mol. The van der Waals surface area contributed by atoms with Gasteiger partial charge in [-0.25, -0.2) is 4.39 Å². The van der Waals surface area contributed by atoms with Gasteiger partial charge in [0.25, 0.3) is 0 Å². The molecule has 2 nitrogen and oxygen atoms in total. The van der Waals surface area contributed by atoms with Gasteiger partial charge in [0, 0.05) is 0 Å². The van der Waals surface area contributed by atoms with E-state index in [1.54, 1.807) is 12.1 Å². The molecule has 1 aromatic carbocycles. The Hall–Kier alpha value is -1.22. The molecule has 0 aliphatic carbocycles. The summed E-state index contributed by atoms with van der Waals surface area (Å²) in [6.07, 6.45) is 0. The van der Waals surface area contributed by atoms with Gasteiger partial charge in [0.2, 0.25) is 0 Å². The first-order valence-corrected chi connectivity index (χ1v) is 4.82. The van der Waals surface area contributed by atoms with Crippen LogP contribution in [-0.4, -0.2) is 18.0 Å². The summed E-state index contributed by atoms with van der Waals surface area (Å²) in [7, 11) is 0. The number of ketones is 1. The van der Waals surface area contributed by atoms with E-state index in [4.69, 9.17) is 4.74 Å². The van der Waals surface area contributed by atoms with Crippen molar-refractivity contribution in [1.82, 2.24) is 0 Å². The minimum Gasteiger partial charge on any atom is -0.368 e. The zero-order chi connectivity index (χ0) is 11.5. The summed E-state index contributed by atoms with van der Waals surface area (Å²) in [6, 6.07) is 5.91. The highest BCUT2D eigenvalue weighted by atomic mass is 19.1. The maximum Gasteiger partial charge on any atom is 0.191 e. The molecule has 0 heterocycles. The van der Waals surface area contributed by atoms with E-state index in [9.17, 15) is 9.18 Å². The molecule has 15 heavy (non-hydrogen) atoms. The van der Waals surface area contributed by atoms with Crippen LogP contribution in [0.4, 0.5) is 4.39 Å². The Morgan fingerprint density at radius 2 is 1.93 bits per heavy atom. The van der Waals surface area contributed by atoms with Crippen molar-refractivity contribution >= 4 is 5.78 Å². The quantitative estimate of drug-likeness (QED) is 0.717. The lowest BCUT2D eigenvalue weighted by atomic mass is 10.1. The minimum absolute atomic E-state index is 0.0850. The Morgan fingerprint density at radius 1 is 1.33 bits per heavy atom. The highest BCUT2D eigenvalue weighted by molar-refractivity contribution is 5.97. The summed E-state index contributed by atoms with van der Waals surface area (Å²) in [6.45, 7) is 5.45. The van der Waals surface area contributed by atoms with Crippen molar-refractivity contribution in [2.75, 3.05) is 6.61 Å². The predicted octanol–water partition coefficient (Wildman–Crippen LogP) is 2.82. The van der Waals surface area contributed by atoms with Crippen molar-refractivity contribution < 1.29 is 13.9 Å². The van der Waals surface area contributed by atoms with E-state index < -0.39 is 5.82 Å². The van der Waals surface area contributed by atoms with E-state index >= 15 is 0 Å². The zero-order valence-corrected chi connectivity index (χ0v) is 9.21. The second-order valence-corrected chi connectivity index (χ2v) is 4.30. The molecular formula is C12H15FO2. The predicted molar refractivity (Wildman–Crippen MR) is 56.4 cm³/mol. The van der Waals surface area contributed by atoms with Crippen LogP contribution in [0.25, 0.3) is 0 Å². The summed E-state index contributed by atoms with van der Waals surface area (Å²) in [5, 5.41) is 0. The first-order valence-electron chi connectivity index (χ1n) is 4.82. The zero-order valence-electron chi connectivity index (χ0n) is 9.21. The van der Waals surface area contributed by atoms with E-state index in [1.807, 2.05) is 20.8 Å². The summed E-state index contributed by atoms with van der Waals surface area (Å²) >= 11 is 0. The average molecular weight is 210 g/mol. The molecule has 0 N–H and O–H groups in total. The molecule has 0 atom stereocenters. The second kappa shape index (κ2) is 4.53. The third-order valence-corrected chi connectivity index (χ3v) is 1.81. The standard InChI is InChI=1S/C12H15FO2/c1-12(2,3)15-8-11(14)9-6-4-5-7-10(9)13/h4-7H,8H2,1-3H3. The van der Waals surface area contributed by atoms with E-state index in [1.165, 1.54) is 12.1 Å². The molecule has 0 aliphatic rings. The number of halogens is 1. The molecule has 1 aromatic rings. The number of ether oxygens (including phenoxy) is 1. The first-order chi connectivity index (χ1) is 6.90. The molecule has 0 fully saturated rings. The smallest absolute Gasteiger partial charge is 0.191 e. The Kier molecular flexibility index (Phi) is 3.58. The summed E-state index contributed by atoms with van der Waals surface area (Å²) in [4.78, 5) is 11.5. The number of benzene rings is 1. The van der Waals surface area contributed by atoms with Crippen molar-refractivity contribution in [3.05, 3.63) is 35.6 Å². The molecule has 0 spiro atoms. The van der Waals surface area contributed by atoms with Crippen molar-refractivity contribution in [1.29, 1.82) is 0 Å². The van der Waals surface area contributed by atoms with E-state index in [0.29, 0.717) is 0 Å². The molecule has 3 heteroatoms. The SMILES string of the molecule is CC(C)(C)OCC(=O)c1ccccc1F. The first kappa shape index (κ1) is 11.9. The molecule has 0 aliphatic heterocycles. The highest BCUT2D eigenvalue weighted by Crippen LogP contribution is 2.11. The van der Waals surface area contributed by atoms with E-state index in [-0.39, 0.29) is 23.6 Å². The van der Waals surface area contributed by atoms with Crippen LogP contribution in [0.15, 0.2) is 24.3 Å². The number of Topliss-reactive ketones (excluding diaryl/α,β-unsaturated/α-hetero) is 1. The number of rotatable bonds is 3. The third-order valence-electron chi connectivity index (χ3n) is 1.81. The summed E-state index contributed by atoms with van der Waals surface area (Å²) in [5.74, 6) is -0.831. The van der Waals surface area contributed by atoms with Gasteiger partial charge in [-0.3, -0.25) is 4.79 Å². The van der Waals surface area contributed by atoms with Gasteiger partial charge < -0.3 is 4.74 Å². The van der Waals surface area contributed by atoms with Crippen LogP contribution in [0.3, 0.4) is 0 Å². The van der Waals surface area contributed by atoms with Crippen molar-refractivity contribution in [3.8, 4) is 0 Å². The van der Waals surface area contributed by atoms with E-state index in [0.717, 1.165) is 0 Å². The van der Waals surface area contributed by atoms with Gasteiger partial charge in [-0.05, 0) is 32.9 Å². The molecule has 0 saturated carbocycles. The summed E-state index contributed by atoms with van der Waals surface area (Å²) in [5.41, 5.74) is -0.303. The van der Waals surface area contributed by atoms with E-state index in [2.05, 4.69) is 0 Å². The second-order valence-electron chi connectivity index (χ2n) is 4.30. The van der Waals surface area contributed by atoms with Gasteiger partial charge in [-0.1, -0.05) is 12.1 Å². The topological polar surface area (TPSA) is 26.3 Å². The Bertz CT molecular complexity index is 353. The molecule has 0 unspecified atom stereocenters. The van der Waals surface area contributed by atoms with Crippen LogP contribution in [0.5, 0.6) is 0 Å². The fourth-order valence-corrected chi connectivity index (χ4v) is 1.05. The number of carbonyl (C=O) groups excluding carboxylic acids is 1. The van der Waals surface area contributed by atoms with Crippen LogP contribution >= 0.6 is 0 Å². The lowest BCUT2D eigenvalue weighted by molar-refractivity contribution is 0.00290. The molecule has 0 aromatic heterocycles. The highest BCUT2D eigenvalue weighted by Gasteiger charge is 2.16. The average Bonchev–Trinajstić information content (AvgIpc) is 2.14. The van der Waals surface area contributed by atoms with Crippen LogP contribution in [0.2, 0.25) is 0 Å². The molecule has 0 saturated heterocycles. The van der Waals surface area contributed by atoms with Gasteiger partial charge in [0.05, 0.1) is 11.2 Å². The maximum atomic E-state index is 13.2. The van der Waals surface area contributed by atoms with Gasteiger partial charge >= 0.3 is 0 Å². The van der Waals surface area contributed by atoms with Crippen LogP contribution in [0, 0.1) is 5.82 Å². The molecule has 1 rings (SSSR count). The Balaban J connectivity index is 2.66. The number of hydrogen-bond acceptors (Lipinski definition) is 2. The lowest BCUT2D eigenvalue weighted by Crippen LogP contribution is -2.24. The third kappa shape index (κ3) is 3.80. The van der Waals surface area contributed by atoms with Gasteiger partial charge in [-0.15, -0.1) is 0 Å². The van der Waals surface area contributed by atoms with Crippen LogP contribution < -0.4 is 0 Å². The molecule has 0 amide bonds. The fraction of sp³-hybridized carbons (Fsp3) is 0.417. The molecule has 82 valence electrons. The van der Waals surface area contributed by atoms with Gasteiger partial charge in [0.15, 0.2) is 5.78 Å². The number of carbonyl (C=O) groups is 1. The van der Waals surface area contributed by atoms with Crippen molar-refractivity contribution in [2.24, 2.45) is 0 Å². The normalized spacial score (nSPS) is 11.5. The van der Waals surface area contributed by atoms with Crippen LogP contribution in [0.1, 0.15) is 31.1 Å². The molecule has 0 radical (unpaired) electrons. The minimum atomic E-state index is -0.500. The van der Waals surface area contributed by atoms with Gasteiger partial charge in [-0.2, -0.15) is 0 Å². The Morgan fingerprint density at radius 3 is 2.47 bits per heavy atom. The maximum absolute atomic E-state index is 13.2. The largest absolute Gasteiger partial charge is 0.368 e. The number of hydrogen-bond donors (Lipinski definition) is 0.